The fourth-order valence-electron chi connectivity index (χ4n) is 3.43. The molecule has 0 aliphatic heterocycles. The zero-order valence-corrected chi connectivity index (χ0v) is 19.0. The zero-order valence-electron chi connectivity index (χ0n) is 18.1. The Hall–Kier alpha value is -4.04. The van der Waals surface area contributed by atoms with Crippen LogP contribution in [0.3, 0.4) is 0 Å². The van der Waals surface area contributed by atoms with E-state index in [2.05, 4.69) is 20.6 Å². The van der Waals surface area contributed by atoms with Crippen molar-refractivity contribution in [1.29, 1.82) is 0 Å². The number of amides is 1. The molecule has 8 heteroatoms. The van der Waals surface area contributed by atoms with Crippen LogP contribution in [-0.4, -0.2) is 25.7 Å². The van der Waals surface area contributed by atoms with Gasteiger partial charge < -0.3 is 10.1 Å². The van der Waals surface area contributed by atoms with Crippen LogP contribution in [0.1, 0.15) is 27.3 Å². The summed E-state index contributed by atoms with van der Waals surface area (Å²) in [5.41, 5.74) is 4.27. The molecule has 0 bridgehead atoms. The van der Waals surface area contributed by atoms with Crippen molar-refractivity contribution in [1.82, 2.24) is 19.8 Å². The number of anilines is 1. The smallest absolute Gasteiger partial charge is 0.255 e. The second kappa shape index (κ2) is 8.84. The van der Waals surface area contributed by atoms with Gasteiger partial charge in [-0.2, -0.15) is 9.61 Å². The molecule has 0 aliphatic carbocycles. The normalized spacial score (nSPS) is 11.0. The number of hydrogen-bond donors (Lipinski definition) is 1. The van der Waals surface area contributed by atoms with Crippen LogP contribution in [0.2, 0.25) is 0 Å². The first-order valence-corrected chi connectivity index (χ1v) is 11.3. The number of benzene rings is 3. The fourth-order valence-corrected chi connectivity index (χ4v) is 4.31. The van der Waals surface area contributed by atoms with E-state index in [0.717, 1.165) is 38.2 Å². The molecule has 0 spiro atoms. The largest absolute Gasteiger partial charge is 0.489 e. The van der Waals surface area contributed by atoms with Gasteiger partial charge >= 0.3 is 0 Å². The maximum absolute atomic E-state index is 12.9. The molecule has 1 N–H and O–H groups in total. The van der Waals surface area contributed by atoms with Crippen LogP contribution >= 0.6 is 11.3 Å². The van der Waals surface area contributed by atoms with Crippen LogP contribution < -0.4 is 10.1 Å². The lowest BCUT2D eigenvalue weighted by Gasteiger charge is -2.11. The summed E-state index contributed by atoms with van der Waals surface area (Å²) in [7, 11) is 0. The van der Waals surface area contributed by atoms with Gasteiger partial charge in [0, 0.05) is 16.8 Å². The summed E-state index contributed by atoms with van der Waals surface area (Å²) in [5.74, 6) is 1.21. The number of aromatic nitrogens is 4. The Labute approximate surface area is 194 Å². The molecule has 3 aromatic carbocycles. The summed E-state index contributed by atoms with van der Waals surface area (Å²) in [6.45, 7) is 4.28. The number of rotatable bonds is 6. The van der Waals surface area contributed by atoms with Crippen molar-refractivity contribution in [3.05, 3.63) is 95.3 Å². The van der Waals surface area contributed by atoms with E-state index < -0.39 is 0 Å². The van der Waals surface area contributed by atoms with Crippen LogP contribution in [0.4, 0.5) is 5.69 Å². The number of ether oxygens (including phenoxy) is 1. The molecular formula is C25H21N5O2S. The molecule has 164 valence electrons. The fraction of sp³-hybridized carbons (Fsp3) is 0.120. The molecule has 5 rings (SSSR count). The van der Waals surface area contributed by atoms with Gasteiger partial charge in [0.1, 0.15) is 17.4 Å². The number of nitrogens with zero attached hydrogens (tertiary/aromatic N) is 4. The van der Waals surface area contributed by atoms with E-state index in [1.165, 1.54) is 11.3 Å². The average Bonchev–Trinajstić information content (AvgIpc) is 3.42. The lowest BCUT2D eigenvalue weighted by Crippen LogP contribution is -2.13. The Morgan fingerprint density at radius 1 is 1.00 bits per heavy atom. The first kappa shape index (κ1) is 20.8. The predicted molar refractivity (Wildman–Crippen MR) is 129 cm³/mol. The molecule has 5 aromatic rings. The molecule has 2 aromatic heterocycles. The maximum Gasteiger partial charge on any atom is 0.255 e. The Morgan fingerprint density at radius 3 is 2.64 bits per heavy atom. The van der Waals surface area contributed by atoms with Crippen molar-refractivity contribution in [2.45, 2.75) is 20.5 Å². The number of fused-ring (bicyclic) bond motifs is 1. The highest BCUT2D eigenvalue weighted by atomic mass is 32.1. The summed E-state index contributed by atoms with van der Waals surface area (Å²) in [5, 5.41) is 16.6. The van der Waals surface area contributed by atoms with Gasteiger partial charge in [0.15, 0.2) is 5.82 Å². The van der Waals surface area contributed by atoms with Crippen molar-refractivity contribution in [3.8, 4) is 16.3 Å². The molecule has 0 unspecified atom stereocenters. The van der Waals surface area contributed by atoms with Gasteiger partial charge in [0.2, 0.25) is 4.96 Å². The van der Waals surface area contributed by atoms with E-state index >= 15 is 0 Å². The van der Waals surface area contributed by atoms with Gasteiger partial charge in [-0.1, -0.05) is 47.7 Å². The number of hydrogen-bond acceptors (Lipinski definition) is 6. The van der Waals surface area contributed by atoms with Gasteiger partial charge in [-0.15, -0.1) is 10.2 Å². The minimum atomic E-state index is -0.189. The third-order valence-electron chi connectivity index (χ3n) is 5.21. The molecule has 2 heterocycles. The second-order valence-electron chi connectivity index (χ2n) is 7.63. The third kappa shape index (κ3) is 4.47. The minimum absolute atomic E-state index is 0.189. The Bertz CT molecular complexity index is 1440. The summed E-state index contributed by atoms with van der Waals surface area (Å²) >= 11 is 1.48. The molecule has 0 saturated heterocycles. The van der Waals surface area contributed by atoms with Crippen molar-refractivity contribution in [2.75, 3.05) is 5.32 Å². The molecule has 0 radical (unpaired) electrons. The highest BCUT2D eigenvalue weighted by molar-refractivity contribution is 7.19. The standard InChI is InChI=1S/C25H21N5O2S/c1-16-13-20(24-29-30-17(2)27-28-25(30)33-24)11-12-22(16)26-23(31)19-9-6-10-21(14-19)32-15-18-7-4-3-5-8-18/h3-14H,15H2,1-2H3,(H,26,31). The third-order valence-corrected chi connectivity index (χ3v) is 6.16. The van der Waals surface area contributed by atoms with Crippen LogP contribution in [0.25, 0.3) is 15.5 Å². The first-order valence-electron chi connectivity index (χ1n) is 10.4. The maximum atomic E-state index is 12.9. The van der Waals surface area contributed by atoms with E-state index in [4.69, 9.17) is 4.74 Å². The molecular weight excluding hydrogens is 434 g/mol. The van der Waals surface area contributed by atoms with E-state index in [9.17, 15) is 4.79 Å². The van der Waals surface area contributed by atoms with Crippen LogP contribution in [0, 0.1) is 13.8 Å². The van der Waals surface area contributed by atoms with Crippen LogP contribution in [0.5, 0.6) is 5.75 Å². The first-order chi connectivity index (χ1) is 16.1. The Morgan fingerprint density at radius 2 is 1.85 bits per heavy atom. The SMILES string of the molecule is Cc1cc(-c2nn3c(C)nnc3s2)ccc1NC(=O)c1cccc(OCc2ccccc2)c1. The van der Waals surface area contributed by atoms with Gasteiger partial charge in [-0.05, 0) is 61.4 Å². The number of carbonyl (C=O) groups is 1. The van der Waals surface area contributed by atoms with Crippen molar-refractivity contribution < 1.29 is 9.53 Å². The molecule has 7 nitrogen and oxygen atoms in total. The number of aryl methyl sites for hydroxylation is 2. The summed E-state index contributed by atoms with van der Waals surface area (Å²) in [6, 6.07) is 23.0. The quantitative estimate of drug-likeness (QED) is 0.376. The van der Waals surface area contributed by atoms with E-state index in [1.54, 1.807) is 16.6 Å². The van der Waals surface area contributed by atoms with Gasteiger partial charge in [0.05, 0.1) is 0 Å². The lowest BCUT2D eigenvalue weighted by molar-refractivity contribution is 0.102. The van der Waals surface area contributed by atoms with Crippen molar-refractivity contribution >= 4 is 27.9 Å². The molecule has 1 amide bonds. The molecule has 0 fully saturated rings. The van der Waals surface area contributed by atoms with Crippen molar-refractivity contribution in [2.24, 2.45) is 0 Å². The predicted octanol–water partition coefficient (Wildman–Crippen LogP) is 5.30. The average molecular weight is 456 g/mol. The van der Waals surface area contributed by atoms with Gasteiger partial charge in [0.25, 0.3) is 5.91 Å². The zero-order chi connectivity index (χ0) is 22.8. The Balaban J connectivity index is 1.29. The van der Waals surface area contributed by atoms with Gasteiger partial charge in [-0.3, -0.25) is 4.79 Å². The lowest BCUT2D eigenvalue weighted by atomic mass is 10.1. The Kier molecular flexibility index (Phi) is 5.58. The minimum Gasteiger partial charge on any atom is -0.489 e. The van der Waals surface area contributed by atoms with E-state index in [0.29, 0.717) is 17.9 Å². The second-order valence-corrected chi connectivity index (χ2v) is 8.59. The molecule has 0 aliphatic rings. The highest BCUT2D eigenvalue weighted by Crippen LogP contribution is 2.29. The van der Waals surface area contributed by atoms with E-state index in [1.807, 2.05) is 74.5 Å². The topological polar surface area (TPSA) is 81.4 Å². The molecule has 0 saturated carbocycles. The highest BCUT2D eigenvalue weighted by Gasteiger charge is 2.13. The molecule has 33 heavy (non-hydrogen) atoms. The van der Waals surface area contributed by atoms with Crippen LogP contribution in [-0.2, 0) is 6.61 Å². The number of carbonyl (C=O) groups excluding carboxylic acids is 1. The molecule has 0 atom stereocenters. The monoisotopic (exact) mass is 455 g/mol. The summed E-state index contributed by atoms with van der Waals surface area (Å²) in [4.78, 5) is 13.6. The number of nitrogens with one attached hydrogen (secondary N) is 1. The summed E-state index contributed by atoms with van der Waals surface area (Å²) in [6.07, 6.45) is 0. The summed E-state index contributed by atoms with van der Waals surface area (Å²) < 4.78 is 7.58. The van der Waals surface area contributed by atoms with Crippen LogP contribution in [0.15, 0.2) is 72.8 Å². The van der Waals surface area contributed by atoms with Crippen molar-refractivity contribution in [3.63, 3.8) is 0 Å². The van der Waals surface area contributed by atoms with E-state index in [-0.39, 0.29) is 5.91 Å². The van der Waals surface area contributed by atoms with Gasteiger partial charge in [-0.25, -0.2) is 0 Å².